The molecule has 0 spiro atoms. The van der Waals surface area contributed by atoms with Gasteiger partial charge >= 0.3 is 0 Å². The first-order valence-corrected chi connectivity index (χ1v) is 10.5. The van der Waals surface area contributed by atoms with E-state index in [-0.39, 0.29) is 0 Å². The summed E-state index contributed by atoms with van der Waals surface area (Å²) in [5.74, 6) is 1.65. The smallest absolute Gasteiger partial charge is 0.135 e. The fourth-order valence-corrected chi connectivity index (χ4v) is 3.72. The lowest BCUT2D eigenvalue weighted by molar-refractivity contribution is 0.398. The Morgan fingerprint density at radius 3 is 2.13 bits per heavy atom. The van der Waals surface area contributed by atoms with Gasteiger partial charge in [-0.2, -0.15) is 0 Å². The van der Waals surface area contributed by atoms with E-state index in [0.29, 0.717) is 0 Å². The first-order chi connectivity index (χ1) is 15.2. The van der Waals surface area contributed by atoms with Crippen LogP contribution in [-0.2, 0) is 4.74 Å². The lowest BCUT2D eigenvalue weighted by atomic mass is 9.99. The summed E-state index contributed by atoms with van der Waals surface area (Å²) in [5.41, 5.74) is 9.09. The molecule has 5 rings (SSSR count). The summed E-state index contributed by atoms with van der Waals surface area (Å²) in [6.07, 6.45) is 10.2. The summed E-state index contributed by atoms with van der Waals surface area (Å²) in [5, 5.41) is 0. The van der Waals surface area contributed by atoms with Gasteiger partial charge in [0.2, 0.25) is 0 Å². The van der Waals surface area contributed by atoms with Gasteiger partial charge in [0.15, 0.2) is 0 Å². The third kappa shape index (κ3) is 4.06. The topological polar surface area (TPSA) is 21.6 Å². The van der Waals surface area contributed by atoms with E-state index >= 15 is 0 Å². The first-order valence-electron chi connectivity index (χ1n) is 10.5. The number of aliphatic imine (C=N–C) groups is 1. The standard InChI is InChI=1S/C29H23NO/c1-20-7-11-22(12-8-20)25-17-26(31-29(18-25)23-13-9-21(2)10-14-23)16-15-24-19-30-28-6-4-3-5-27(24)28/h3-19H,1-2H3/b24-15+,26-16+. The normalized spacial score (nSPS) is 17.4. The van der Waals surface area contributed by atoms with Crippen LogP contribution < -0.4 is 0 Å². The Morgan fingerprint density at radius 1 is 0.710 bits per heavy atom. The van der Waals surface area contributed by atoms with Gasteiger partial charge in [0.1, 0.15) is 11.5 Å². The minimum Gasteiger partial charge on any atom is -0.457 e. The molecule has 0 fully saturated rings. The second-order valence-corrected chi connectivity index (χ2v) is 7.91. The van der Waals surface area contributed by atoms with Crippen LogP contribution in [0.1, 0.15) is 27.8 Å². The lowest BCUT2D eigenvalue weighted by Crippen LogP contribution is -1.99. The second-order valence-electron chi connectivity index (χ2n) is 7.91. The molecule has 31 heavy (non-hydrogen) atoms. The number of benzene rings is 3. The van der Waals surface area contributed by atoms with E-state index in [1.54, 1.807) is 0 Å². The summed E-state index contributed by atoms with van der Waals surface area (Å²) < 4.78 is 6.29. The zero-order valence-corrected chi connectivity index (χ0v) is 17.7. The summed E-state index contributed by atoms with van der Waals surface area (Å²) in [6, 6.07) is 25.2. The maximum Gasteiger partial charge on any atom is 0.135 e. The van der Waals surface area contributed by atoms with E-state index in [1.165, 1.54) is 16.7 Å². The molecule has 3 aromatic rings. The third-order valence-corrected chi connectivity index (χ3v) is 5.52. The number of fused-ring (bicyclic) bond motifs is 1. The fourth-order valence-electron chi connectivity index (χ4n) is 3.72. The van der Waals surface area contributed by atoms with Crippen molar-refractivity contribution in [2.24, 2.45) is 4.99 Å². The van der Waals surface area contributed by atoms with Crippen LogP contribution in [0.4, 0.5) is 5.69 Å². The number of nitrogens with zero attached hydrogens (tertiary/aromatic N) is 1. The Balaban J connectivity index is 1.54. The molecule has 2 heteroatoms. The van der Waals surface area contributed by atoms with Crippen LogP contribution in [0, 0.1) is 13.8 Å². The largest absolute Gasteiger partial charge is 0.457 e. The van der Waals surface area contributed by atoms with Crippen LogP contribution in [0.2, 0.25) is 0 Å². The molecular weight excluding hydrogens is 378 g/mol. The molecule has 2 nitrogen and oxygen atoms in total. The third-order valence-electron chi connectivity index (χ3n) is 5.52. The predicted molar refractivity (Wildman–Crippen MR) is 130 cm³/mol. The van der Waals surface area contributed by atoms with Crippen molar-refractivity contribution in [1.82, 2.24) is 0 Å². The van der Waals surface area contributed by atoms with E-state index in [9.17, 15) is 0 Å². The minimum absolute atomic E-state index is 0.805. The molecule has 0 amide bonds. The molecule has 0 N–H and O–H groups in total. The SMILES string of the molecule is Cc1ccc(C2=C/C(=C\C=C3/C=Nc4ccccc43)OC(c3ccc(C)cc3)=C2)cc1. The predicted octanol–water partition coefficient (Wildman–Crippen LogP) is 7.44. The van der Waals surface area contributed by atoms with Crippen molar-refractivity contribution in [2.45, 2.75) is 13.8 Å². The Bertz CT molecular complexity index is 1280. The van der Waals surface area contributed by atoms with Gasteiger partial charge in [-0.15, -0.1) is 0 Å². The molecule has 0 unspecified atom stereocenters. The van der Waals surface area contributed by atoms with Gasteiger partial charge < -0.3 is 4.74 Å². The molecule has 0 radical (unpaired) electrons. The molecule has 0 aliphatic carbocycles. The molecule has 2 aliphatic heterocycles. The van der Waals surface area contributed by atoms with Gasteiger partial charge in [-0.05, 0) is 55.4 Å². The molecule has 0 bridgehead atoms. The molecule has 0 saturated carbocycles. The summed E-state index contributed by atoms with van der Waals surface area (Å²) in [6.45, 7) is 4.20. The minimum atomic E-state index is 0.805. The van der Waals surface area contributed by atoms with Crippen molar-refractivity contribution in [3.63, 3.8) is 0 Å². The summed E-state index contributed by atoms with van der Waals surface area (Å²) in [7, 11) is 0. The van der Waals surface area contributed by atoms with Crippen molar-refractivity contribution in [3.8, 4) is 0 Å². The van der Waals surface area contributed by atoms with Crippen molar-refractivity contribution >= 4 is 28.8 Å². The molecule has 2 heterocycles. The van der Waals surface area contributed by atoms with Gasteiger partial charge in [0.25, 0.3) is 0 Å². The summed E-state index contributed by atoms with van der Waals surface area (Å²) in [4.78, 5) is 4.50. The lowest BCUT2D eigenvalue weighted by Gasteiger charge is -2.18. The number of aryl methyl sites for hydroxylation is 2. The van der Waals surface area contributed by atoms with Gasteiger partial charge in [0.05, 0.1) is 5.69 Å². The average Bonchev–Trinajstić information content (AvgIpc) is 3.22. The van der Waals surface area contributed by atoms with Crippen molar-refractivity contribution in [1.29, 1.82) is 0 Å². The van der Waals surface area contributed by atoms with Crippen LogP contribution in [0.5, 0.6) is 0 Å². The first kappa shape index (κ1) is 19.1. The number of hydrogen-bond donors (Lipinski definition) is 0. The molecule has 0 saturated heterocycles. The molecule has 150 valence electrons. The highest BCUT2D eigenvalue weighted by atomic mass is 16.5. The Labute approximate surface area is 183 Å². The Kier molecular flexibility index (Phi) is 4.97. The fraction of sp³-hybridized carbons (Fsp3) is 0.0690. The van der Waals surface area contributed by atoms with Crippen LogP contribution >= 0.6 is 0 Å². The van der Waals surface area contributed by atoms with Gasteiger partial charge in [0, 0.05) is 22.9 Å². The van der Waals surface area contributed by atoms with Crippen molar-refractivity contribution < 1.29 is 4.74 Å². The van der Waals surface area contributed by atoms with Crippen LogP contribution in [-0.4, -0.2) is 6.21 Å². The molecule has 0 atom stereocenters. The monoisotopic (exact) mass is 401 g/mol. The van der Waals surface area contributed by atoms with E-state index < -0.39 is 0 Å². The van der Waals surface area contributed by atoms with Crippen LogP contribution in [0.25, 0.3) is 16.9 Å². The molecule has 0 aromatic heterocycles. The second kappa shape index (κ2) is 8.08. The number of hydrogen-bond acceptors (Lipinski definition) is 2. The summed E-state index contributed by atoms with van der Waals surface area (Å²) >= 11 is 0. The van der Waals surface area contributed by atoms with Crippen LogP contribution in [0.3, 0.4) is 0 Å². The van der Waals surface area contributed by atoms with Gasteiger partial charge in [-0.1, -0.05) is 77.9 Å². The van der Waals surface area contributed by atoms with E-state index in [2.05, 4.69) is 91.7 Å². The van der Waals surface area contributed by atoms with E-state index in [4.69, 9.17) is 4.74 Å². The molecule has 2 aliphatic rings. The number of para-hydroxylation sites is 1. The number of ether oxygens (including phenoxy) is 1. The van der Waals surface area contributed by atoms with Gasteiger partial charge in [-0.25, -0.2) is 0 Å². The highest BCUT2D eigenvalue weighted by Gasteiger charge is 2.15. The maximum atomic E-state index is 6.29. The Morgan fingerprint density at radius 2 is 1.39 bits per heavy atom. The zero-order chi connectivity index (χ0) is 21.2. The van der Waals surface area contributed by atoms with Crippen molar-refractivity contribution in [3.05, 3.63) is 131 Å². The Hall–Kier alpha value is -3.91. The molecular formula is C29H23NO. The highest BCUT2D eigenvalue weighted by molar-refractivity contribution is 6.16. The van der Waals surface area contributed by atoms with E-state index in [1.807, 2.05) is 30.5 Å². The quantitative estimate of drug-likeness (QED) is 0.447. The maximum absolute atomic E-state index is 6.29. The molecule has 3 aromatic carbocycles. The number of rotatable bonds is 3. The average molecular weight is 402 g/mol. The van der Waals surface area contributed by atoms with Crippen LogP contribution in [0.15, 0.2) is 108 Å². The van der Waals surface area contributed by atoms with Crippen molar-refractivity contribution in [2.75, 3.05) is 0 Å². The van der Waals surface area contributed by atoms with E-state index in [0.717, 1.165) is 39.5 Å². The van der Waals surface area contributed by atoms with Gasteiger partial charge in [-0.3, -0.25) is 4.99 Å². The number of allylic oxidation sites excluding steroid dienone is 6. The zero-order valence-electron chi connectivity index (χ0n) is 17.7. The highest BCUT2D eigenvalue weighted by Crippen LogP contribution is 2.34.